The smallest absolute Gasteiger partial charge is 0.278 e. The lowest BCUT2D eigenvalue weighted by Gasteiger charge is -2.08. The van der Waals surface area contributed by atoms with Crippen LogP contribution in [-0.4, -0.2) is 27.0 Å². The summed E-state index contributed by atoms with van der Waals surface area (Å²) < 4.78 is 7.68. The molecule has 6 nitrogen and oxygen atoms in total. The molecule has 24 heavy (non-hydrogen) atoms. The van der Waals surface area contributed by atoms with Crippen LogP contribution in [0.4, 0.5) is 0 Å². The summed E-state index contributed by atoms with van der Waals surface area (Å²) in [6.07, 6.45) is 6.25. The largest absolute Gasteiger partial charge is 0.431 e. The molecule has 0 fully saturated rings. The number of aryl methyl sites for hydroxylation is 2. The Bertz CT molecular complexity index is 799. The summed E-state index contributed by atoms with van der Waals surface area (Å²) in [6.45, 7) is 3.40. The van der Waals surface area contributed by atoms with Gasteiger partial charge in [-0.3, -0.25) is 4.79 Å². The minimum Gasteiger partial charge on any atom is -0.431 e. The van der Waals surface area contributed by atoms with E-state index in [1.54, 1.807) is 36.7 Å². The van der Waals surface area contributed by atoms with Crippen LogP contribution in [0.25, 0.3) is 0 Å². The van der Waals surface area contributed by atoms with E-state index in [1.165, 1.54) is 11.3 Å². The monoisotopic (exact) mass is 342 g/mol. The van der Waals surface area contributed by atoms with Gasteiger partial charge in [-0.2, -0.15) is 0 Å². The summed E-state index contributed by atoms with van der Waals surface area (Å²) in [5.41, 5.74) is 0.572. The van der Waals surface area contributed by atoms with E-state index in [9.17, 15) is 4.79 Å². The van der Waals surface area contributed by atoms with Gasteiger partial charge < -0.3 is 14.6 Å². The van der Waals surface area contributed by atoms with Crippen molar-refractivity contribution in [2.75, 3.05) is 6.54 Å². The van der Waals surface area contributed by atoms with E-state index >= 15 is 0 Å². The fourth-order valence-electron chi connectivity index (χ4n) is 2.26. The third kappa shape index (κ3) is 4.20. The Labute approximate surface area is 144 Å². The predicted octanol–water partition coefficient (Wildman–Crippen LogP) is 3.26. The van der Waals surface area contributed by atoms with Crippen molar-refractivity contribution >= 4 is 17.2 Å². The van der Waals surface area contributed by atoms with E-state index in [0.717, 1.165) is 18.8 Å². The fourth-order valence-corrected chi connectivity index (χ4v) is 2.76. The molecule has 0 aliphatic rings. The molecule has 0 aliphatic heterocycles. The number of carbonyl (C=O) groups excluding carboxylic acids is 1. The summed E-state index contributed by atoms with van der Waals surface area (Å²) >= 11 is 1.41. The molecule has 1 N–H and O–H groups in total. The lowest BCUT2D eigenvalue weighted by molar-refractivity contribution is 0.0952. The normalized spacial score (nSPS) is 10.5. The Morgan fingerprint density at radius 1 is 1.33 bits per heavy atom. The zero-order valence-electron chi connectivity index (χ0n) is 13.3. The molecule has 0 saturated carbocycles. The molecule has 7 heteroatoms. The Hall–Kier alpha value is -2.67. The first-order valence-electron chi connectivity index (χ1n) is 7.66. The number of thiazole rings is 1. The van der Waals surface area contributed by atoms with E-state index in [1.807, 2.05) is 18.5 Å². The zero-order valence-corrected chi connectivity index (χ0v) is 14.1. The molecule has 2 heterocycles. The van der Waals surface area contributed by atoms with Crippen LogP contribution in [0, 0.1) is 6.92 Å². The van der Waals surface area contributed by atoms with Crippen LogP contribution >= 0.6 is 11.3 Å². The summed E-state index contributed by atoms with van der Waals surface area (Å²) in [6, 6.07) is 7.09. The molecule has 0 atom stereocenters. The Morgan fingerprint density at radius 2 is 2.25 bits per heavy atom. The first kappa shape index (κ1) is 16.2. The van der Waals surface area contributed by atoms with Crippen LogP contribution < -0.4 is 10.1 Å². The fraction of sp³-hybridized carbons (Fsp3) is 0.235. The predicted molar refractivity (Wildman–Crippen MR) is 92.5 cm³/mol. The lowest BCUT2D eigenvalue weighted by atomic mass is 10.2. The van der Waals surface area contributed by atoms with Crippen LogP contribution in [0.3, 0.4) is 0 Å². The SMILES string of the molecule is Cc1nccn1CCCNC(=O)c1cccc(Oc2nccs2)c1. The molecule has 0 bridgehead atoms. The number of ether oxygens (including phenoxy) is 1. The third-order valence-electron chi connectivity index (χ3n) is 3.50. The molecule has 0 radical (unpaired) electrons. The number of aromatic nitrogens is 3. The van der Waals surface area contributed by atoms with Crippen molar-refractivity contribution in [3.8, 4) is 10.9 Å². The van der Waals surface area contributed by atoms with E-state index in [-0.39, 0.29) is 5.91 Å². The van der Waals surface area contributed by atoms with Gasteiger partial charge in [-0.25, -0.2) is 9.97 Å². The molecule has 1 aromatic carbocycles. The molecular weight excluding hydrogens is 324 g/mol. The van der Waals surface area contributed by atoms with Crippen LogP contribution in [0.2, 0.25) is 0 Å². The van der Waals surface area contributed by atoms with E-state index in [4.69, 9.17) is 4.74 Å². The van der Waals surface area contributed by atoms with Crippen molar-refractivity contribution in [2.24, 2.45) is 0 Å². The molecule has 0 spiro atoms. The van der Waals surface area contributed by atoms with Crippen molar-refractivity contribution in [1.29, 1.82) is 0 Å². The lowest BCUT2D eigenvalue weighted by Crippen LogP contribution is -2.25. The maximum atomic E-state index is 12.2. The van der Waals surface area contributed by atoms with Crippen LogP contribution in [0.1, 0.15) is 22.6 Å². The van der Waals surface area contributed by atoms with Gasteiger partial charge in [0.1, 0.15) is 11.6 Å². The number of hydrogen-bond donors (Lipinski definition) is 1. The molecule has 2 aromatic heterocycles. The molecule has 0 unspecified atom stereocenters. The van der Waals surface area contributed by atoms with Crippen LogP contribution in [0.15, 0.2) is 48.2 Å². The highest BCUT2D eigenvalue weighted by molar-refractivity contribution is 7.11. The van der Waals surface area contributed by atoms with Crippen molar-refractivity contribution in [3.63, 3.8) is 0 Å². The van der Waals surface area contributed by atoms with Gasteiger partial charge in [-0.15, -0.1) is 0 Å². The molecule has 3 aromatic rings. The van der Waals surface area contributed by atoms with E-state index < -0.39 is 0 Å². The highest BCUT2D eigenvalue weighted by Crippen LogP contribution is 2.23. The number of hydrogen-bond acceptors (Lipinski definition) is 5. The van der Waals surface area contributed by atoms with Gasteiger partial charge in [0.05, 0.1) is 0 Å². The summed E-state index contributed by atoms with van der Waals surface area (Å²) in [5.74, 6) is 1.47. The molecule has 1 amide bonds. The standard InChI is InChI=1S/C17H18N4O2S/c1-13-18-7-10-21(13)9-3-6-19-16(22)14-4-2-5-15(12-14)23-17-20-8-11-24-17/h2,4-5,7-8,10-12H,3,6,9H2,1H3,(H,19,22). The Morgan fingerprint density at radius 3 is 3.00 bits per heavy atom. The molecule has 124 valence electrons. The number of nitrogens with one attached hydrogen (secondary N) is 1. The minimum atomic E-state index is -0.109. The van der Waals surface area contributed by atoms with Gasteiger partial charge in [-0.1, -0.05) is 17.4 Å². The number of imidazole rings is 1. The first-order chi connectivity index (χ1) is 11.7. The highest BCUT2D eigenvalue weighted by Gasteiger charge is 2.07. The topological polar surface area (TPSA) is 69.0 Å². The van der Waals surface area contributed by atoms with Crippen LogP contribution in [-0.2, 0) is 6.54 Å². The number of rotatable bonds is 7. The van der Waals surface area contributed by atoms with Gasteiger partial charge >= 0.3 is 0 Å². The average Bonchev–Trinajstić information content (AvgIpc) is 3.24. The number of carbonyl (C=O) groups is 1. The zero-order chi connectivity index (χ0) is 16.8. The number of nitrogens with zero attached hydrogens (tertiary/aromatic N) is 3. The van der Waals surface area contributed by atoms with E-state index in [2.05, 4.69) is 19.9 Å². The average molecular weight is 342 g/mol. The van der Waals surface area contributed by atoms with Gasteiger partial charge in [0.15, 0.2) is 0 Å². The van der Waals surface area contributed by atoms with Crippen molar-refractivity contribution in [3.05, 3.63) is 59.6 Å². The Balaban J connectivity index is 1.50. The van der Waals surface area contributed by atoms with Gasteiger partial charge in [0, 0.05) is 42.6 Å². The second kappa shape index (κ2) is 7.74. The van der Waals surface area contributed by atoms with Crippen LogP contribution in [0.5, 0.6) is 10.9 Å². The van der Waals surface area contributed by atoms with E-state index in [0.29, 0.717) is 23.1 Å². The third-order valence-corrected chi connectivity index (χ3v) is 4.14. The maximum absolute atomic E-state index is 12.2. The summed E-state index contributed by atoms with van der Waals surface area (Å²) in [4.78, 5) is 20.5. The van der Waals surface area contributed by atoms with Crippen molar-refractivity contribution in [2.45, 2.75) is 19.9 Å². The summed E-state index contributed by atoms with van der Waals surface area (Å²) in [5, 5.41) is 5.33. The van der Waals surface area contributed by atoms with Crippen molar-refractivity contribution in [1.82, 2.24) is 19.9 Å². The summed E-state index contributed by atoms with van der Waals surface area (Å²) in [7, 11) is 0. The molecule has 0 aliphatic carbocycles. The molecule has 3 rings (SSSR count). The number of amides is 1. The maximum Gasteiger partial charge on any atom is 0.278 e. The van der Waals surface area contributed by atoms with Gasteiger partial charge in [0.2, 0.25) is 0 Å². The second-order valence-corrected chi connectivity index (χ2v) is 6.06. The van der Waals surface area contributed by atoms with Crippen molar-refractivity contribution < 1.29 is 9.53 Å². The molecule has 0 saturated heterocycles. The minimum absolute atomic E-state index is 0.109. The number of benzene rings is 1. The quantitative estimate of drug-likeness (QED) is 0.669. The second-order valence-electron chi connectivity index (χ2n) is 5.21. The van der Waals surface area contributed by atoms with Gasteiger partial charge in [0.25, 0.3) is 11.1 Å². The molecular formula is C17H18N4O2S. The Kier molecular flexibility index (Phi) is 5.22. The van der Waals surface area contributed by atoms with Gasteiger partial charge in [-0.05, 0) is 31.5 Å². The first-order valence-corrected chi connectivity index (χ1v) is 8.54. The highest BCUT2D eigenvalue weighted by atomic mass is 32.1.